The van der Waals surface area contributed by atoms with Gasteiger partial charge in [0.15, 0.2) is 17.3 Å². The predicted octanol–water partition coefficient (Wildman–Crippen LogP) is 3.26. The highest BCUT2D eigenvalue weighted by Gasteiger charge is 2.31. The summed E-state index contributed by atoms with van der Waals surface area (Å²) in [5.41, 5.74) is -0.255. The lowest BCUT2D eigenvalue weighted by Crippen LogP contribution is -2.38. The number of methoxy groups -OCH3 is 1. The smallest absolute Gasteiger partial charge is 0.417 e. The van der Waals surface area contributed by atoms with E-state index >= 15 is 0 Å². The summed E-state index contributed by atoms with van der Waals surface area (Å²) in [4.78, 5) is 19.5. The largest absolute Gasteiger partial charge is 0.493 e. The number of pyridine rings is 1. The first-order chi connectivity index (χ1) is 15.7. The summed E-state index contributed by atoms with van der Waals surface area (Å²) in [6, 6.07) is 7.33. The monoisotopic (exact) mass is 467 g/mol. The van der Waals surface area contributed by atoms with E-state index in [0.29, 0.717) is 49.1 Å². The molecule has 10 heteroatoms. The minimum atomic E-state index is -4.40. The van der Waals surface area contributed by atoms with E-state index in [1.165, 1.54) is 20.1 Å². The number of β-amino-alcohol motifs (C(OH)–C–C–N with tert-alkyl or cyclic N) is 1. The highest BCUT2D eigenvalue weighted by Crippen LogP contribution is 2.30. The van der Waals surface area contributed by atoms with Crippen molar-refractivity contribution in [1.82, 2.24) is 9.88 Å². The predicted molar refractivity (Wildman–Crippen MR) is 117 cm³/mol. The van der Waals surface area contributed by atoms with E-state index in [-0.39, 0.29) is 12.4 Å². The molecule has 1 unspecified atom stereocenters. The van der Waals surface area contributed by atoms with Crippen LogP contribution in [0.1, 0.15) is 29.3 Å². The van der Waals surface area contributed by atoms with E-state index < -0.39 is 17.8 Å². The topological polar surface area (TPSA) is 75.1 Å². The molecule has 0 bridgehead atoms. The number of ketones is 1. The number of carbonyl (C=O) groups is 1. The minimum Gasteiger partial charge on any atom is -0.493 e. The van der Waals surface area contributed by atoms with Gasteiger partial charge < -0.3 is 19.5 Å². The second kappa shape index (κ2) is 10.8. The number of hydrogen-bond donors (Lipinski definition) is 1. The van der Waals surface area contributed by atoms with Crippen molar-refractivity contribution in [3.8, 4) is 11.5 Å². The summed E-state index contributed by atoms with van der Waals surface area (Å²) in [5.74, 6) is 1.29. The molecule has 0 amide bonds. The summed E-state index contributed by atoms with van der Waals surface area (Å²) in [7, 11) is 1.48. The molecular weight excluding hydrogens is 439 g/mol. The second-order valence-corrected chi connectivity index (χ2v) is 7.93. The van der Waals surface area contributed by atoms with Gasteiger partial charge in [0.05, 0.1) is 12.7 Å². The maximum absolute atomic E-state index is 12.7. The summed E-state index contributed by atoms with van der Waals surface area (Å²) < 4.78 is 49.2. The van der Waals surface area contributed by atoms with Crippen molar-refractivity contribution in [3.63, 3.8) is 0 Å². The Labute approximate surface area is 190 Å². The average molecular weight is 467 g/mol. The van der Waals surface area contributed by atoms with Crippen LogP contribution in [0.5, 0.6) is 11.5 Å². The van der Waals surface area contributed by atoms with Crippen molar-refractivity contribution in [2.45, 2.75) is 25.6 Å². The number of aromatic nitrogens is 1. The zero-order valence-electron chi connectivity index (χ0n) is 18.6. The average Bonchev–Trinajstić information content (AvgIpc) is 3.02. The fourth-order valence-electron chi connectivity index (χ4n) is 3.67. The van der Waals surface area contributed by atoms with Crippen LogP contribution in [0.4, 0.5) is 19.0 Å². The van der Waals surface area contributed by atoms with E-state index in [1.54, 1.807) is 18.2 Å². The van der Waals surface area contributed by atoms with E-state index in [0.717, 1.165) is 25.2 Å². The Kier molecular flexibility index (Phi) is 8.15. The summed E-state index contributed by atoms with van der Waals surface area (Å²) in [6.07, 6.45) is -3.51. The lowest BCUT2D eigenvalue weighted by molar-refractivity contribution is -0.137. The van der Waals surface area contributed by atoms with Crippen molar-refractivity contribution < 1.29 is 32.5 Å². The van der Waals surface area contributed by atoms with E-state index in [2.05, 4.69) is 9.88 Å². The third-order valence-electron chi connectivity index (χ3n) is 5.46. The number of aliphatic hydroxyl groups is 1. The number of hydrogen-bond acceptors (Lipinski definition) is 7. The third-order valence-corrected chi connectivity index (χ3v) is 5.46. The quantitative estimate of drug-likeness (QED) is 0.598. The van der Waals surface area contributed by atoms with E-state index in [9.17, 15) is 23.1 Å². The molecule has 0 spiro atoms. The highest BCUT2D eigenvalue weighted by atomic mass is 19.4. The number of ether oxygens (including phenoxy) is 2. The van der Waals surface area contributed by atoms with Crippen LogP contribution in [-0.4, -0.2) is 73.3 Å². The number of halogens is 3. The Balaban J connectivity index is 1.50. The molecule has 1 aromatic heterocycles. The van der Waals surface area contributed by atoms with Crippen molar-refractivity contribution in [3.05, 3.63) is 47.7 Å². The van der Waals surface area contributed by atoms with Crippen molar-refractivity contribution in [1.29, 1.82) is 0 Å². The zero-order valence-corrected chi connectivity index (χ0v) is 18.6. The molecule has 1 aliphatic rings. The first-order valence-corrected chi connectivity index (χ1v) is 10.7. The number of rotatable bonds is 8. The van der Waals surface area contributed by atoms with Gasteiger partial charge in [0, 0.05) is 37.9 Å². The molecule has 0 radical (unpaired) electrons. The Bertz CT molecular complexity index is 938. The van der Waals surface area contributed by atoms with Gasteiger partial charge >= 0.3 is 6.18 Å². The molecule has 1 fully saturated rings. The number of carbonyl (C=O) groups excluding carboxylic acids is 1. The molecule has 0 saturated carbocycles. The molecule has 1 saturated heterocycles. The van der Waals surface area contributed by atoms with Crippen LogP contribution in [0.15, 0.2) is 36.5 Å². The Morgan fingerprint density at radius 2 is 1.94 bits per heavy atom. The molecule has 33 heavy (non-hydrogen) atoms. The van der Waals surface area contributed by atoms with Gasteiger partial charge in [0.2, 0.25) is 0 Å². The van der Waals surface area contributed by atoms with Gasteiger partial charge in [-0.3, -0.25) is 9.69 Å². The molecule has 2 aromatic rings. The Morgan fingerprint density at radius 1 is 1.15 bits per heavy atom. The normalized spacial score (nSPS) is 16.2. The molecule has 1 aromatic carbocycles. The molecule has 7 nitrogen and oxygen atoms in total. The molecule has 2 heterocycles. The van der Waals surface area contributed by atoms with Crippen LogP contribution >= 0.6 is 0 Å². The van der Waals surface area contributed by atoms with Gasteiger partial charge in [-0.15, -0.1) is 0 Å². The summed E-state index contributed by atoms with van der Waals surface area (Å²) in [6.45, 7) is 4.54. The van der Waals surface area contributed by atoms with Crippen LogP contribution in [0, 0.1) is 0 Å². The van der Waals surface area contributed by atoms with Gasteiger partial charge in [-0.1, -0.05) is 0 Å². The van der Waals surface area contributed by atoms with E-state index in [4.69, 9.17) is 9.47 Å². The highest BCUT2D eigenvalue weighted by molar-refractivity contribution is 5.94. The molecule has 180 valence electrons. The Hall–Kier alpha value is -2.85. The molecular formula is C23H28F3N3O4. The first-order valence-electron chi connectivity index (χ1n) is 10.7. The molecule has 3 rings (SSSR count). The maximum atomic E-state index is 12.7. The van der Waals surface area contributed by atoms with Gasteiger partial charge in [-0.05, 0) is 50.2 Å². The minimum absolute atomic E-state index is 0.0520. The van der Waals surface area contributed by atoms with Crippen LogP contribution < -0.4 is 14.4 Å². The van der Waals surface area contributed by atoms with Crippen LogP contribution in [0.3, 0.4) is 0 Å². The number of aliphatic hydroxyl groups excluding tert-OH is 1. The fourth-order valence-corrected chi connectivity index (χ4v) is 3.67. The standard InChI is InChI=1S/C23H28F3N3O4/c1-16(30)17-4-6-20(21(12-17)32-2)33-15-19(31)14-28-8-3-9-29(11-10-28)22-7-5-18(13-27-22)23(24,25)26/h4-7,12-13,19,31H,3,8-11,14-15H2,1-2H3. The molecule has 0 aliphatic carbocycles. The van der Waals surface area contributed by atoms with Gasteiger partial charge in [-0.2, -0.15) is 13.2 Å². The number of anilines is 1. The van der Waals surface area contributed by atoms with Crippen LogP contribution in [-0.2, 0) is 6.18 Å². The molecule has 1 atom stereocenters. The fraction of sp³-hybridized carbons (Fsp3) is 0.478. The van der Waals surface area contributed by atoms with Gasteiger partial charge in [0.1, 0.15) is 18.5 Å². The lowest BCUT2D eigenvalue weighted by atomic mass is 10.1. The molecule has 1 N–H and O–H groups in total. The van der Waals surface area contributed by atoms with E-state index in [1.807, 2.05) is 4.90 Å². The summed E-state index contributed by atoms with van der Waals surface area (Å²) in [5, 5.41) is 10.5. The van der Waals surface area contributed by atoms with Gasteiger partial charge in [-0.25, -0.2) is 4.98 Å². The number of benzene rings is 1. The molecule has 1 aliphatic heterocycles. The number of nitrogens with zero attached hydrogens (tertiary/aromatic N) is 3. The van der Waals surface area contributed by atoms with Crippen LogP contribution in [0.25, 0.3) is 0 Å². The zero-order chi connectivity index (χ0) is 24.0. The van der Waals surface area contributed by atoms with Crippen molar-refractivity contribution >= 4 is 11.6 Å². The van der Waals surface area contributed by atoms with Crippen molar-refractivity contribution in [2.24, 2.45) is 0 Å². The first kappa shape index (κ1) is 24.8. The second-order valence-electron chi connectivity index (χ2n) is 7.93. The van der Waals surface area contributed by atoms with Crippen molar-refractivity contribution in [2.75, 3.05) is 51.3 Å². The van der Waals surface area contributed by atoms with Crippen LogP contribution in [0.2, 0.25) is 0 Å². The third kappa shape index (κ3) is 6.82. The number of alkyl halides is 3. The Morgan fingerprint density at radius 3 is 2.58 bits per heavy atom. The SMILES string of the molecule is COc1cc(C(C)=O)ccc1OCC(O)CN1CCCN(c2ccc(C(F)(F)F)cn2)CC1. The number of Topliss-reactive ketones (excluding diaryl/α,β-unsaturated/α-hetero) is 1. The lowest BCUT2D eigenvalue weighted by Gasteiger charge is -2.24. The summed E-state index contributed by atoms with van der Waals surface area (Å²) >= 11 is 0. The van der Waals surface area contributed by atoms with Gasteiger partial charge in [0.25, 0.3) is 0 Å². The maximum Gasteiger partial charge on any atom is 0.417 e.